The lowest BCUT2D eigenvalue weighted by atomic mass is 10.1. The van der Waals surface area contributed by atoms with E-state index in [1.165, 1.54) is 37.0 Å². The van der Waals surface area contributed by atoms with Crippen molar-refractivity contribution in [3.63, 3.8) is 0 Å². The van der Waals surface area contributed by atoms with Gasteiger partial charge in [-0.2, -0.15) is 11.8 Å². The Hall–Kier alpha value is -1.21. The summed E-state index contributed by atoms with van der Waals surface area (Å²) in [4.78, 5) is 12.2. The summed E-state index contributed by atoms with van der Waals surface area (Å²) in [6, 6.07) is 5.08. The zero-order valence-electron chi connectivity index (χ0n) is 14.5. The van der Waals surface area contributed by atoms with Gasteiger partial charge in [-0.25, -0.2) is 8.42 Å². The number of amides is 1. The fourth-order valence-electron chi connectivity index (χ4n) is 2.88. The molecule has 0 bridgehead atoms. The molecule has 0 aromatic heterocycles. The second kappa shape index (κ2) is 8.25. The van der Waals surface area contributed by atoms with Crippen LogP contribution in [-0.2, 0) is 10.0 Å². The number of aryl methyl sites for hydroxylation is 1. The molecular formula is C17H26N2O3S2. The van der Waals surface area contributed by atoms with Gasteiger partial charge in [-0.05, 0) is 43.5 Å². The normalized spacial score (nSPS) is 15.5. The van der Waals surface area contributed by atoms with Crippen molar-refractivity contribution in [2.75, 3.05) is 29.9 Å². The van der Waals surface area contributed by atoms with Crippen molar-refractivity contribution >= 4 is 33.4 Å². The quantitative estimate of drug-likeness (QED) is 0.750. The van der Waals surface area contributed by atoms with E-state index in [1.54, 1.807) is 18.2 Å². The van der Waals surface area contributed by atoms with E-state index >= 15 is 0 Å². The van der Waals surface area contributed by atoms with Gasteiger partial charge in [-0.1, -0.05) is 12.8 Å². The molecule has 1 aromatic carbocycles. The molecule has 1 amide bonds. The molecule has 0 spiro atoms. The first-order valence-corrected chi connectivity index (χ1v) is 11.1. The van der Waals surface area contributed by atoms with Gasteiger partial charge in [0.05, 0.1) is 11.9 Å². The van der Waals surface area contributed by atoms with Gasteiger partial charge in [-0.15, -0.1) is 0 Å². The van der Waals surface area contributed by atoms with Crippen LogP contribution in [0.25, 0.3) is 0 Å². The SMILES string of the molecule is Cc1cc(C(=O)NCCSC2CCCC2)ccc1N(C)S(C)(=O)=O. The first-order chi connectivity index (χ1) is 11.3. The molecule has 7 heteroatoms. The zero-order chi connectivity index (χ0) is 17.7. The molecular weight excluding hydrogens is 344 g/mol. The zero-order valence-corrected chi connectivity index (χ0v) is 16.2. The van der Waals surface area contributed by atoms with Crippen molar-refractivity contribution in [1.82, 2.24) is 5.32 Å². The molecule has 0 atom stereocenters. The lowest BCUT2D eigenvalue weighted by molar-refractivity contribution is 0.0956. The highest BCUT2D eigenvalue weighted by Crippen LogP contribution is 2.29. The average molecular weight is 371 g/mol. The monoisotopic (exact) mass is 370 g/mol. The smallest absolute Gasteiger partial charge is 0.251 e. The van der Waals surface area contributed by atoms with Gasteiger partial charge in [0.25, 0.3) is 5.91 Å². The lowest BCUT2D eigenvalue weighted by Crippen LogP contribution is -2.27. The summed E-state index contributed by atoms with van der Waals surface area (Å²) in [6.45, 7) is 2.47. The molecule has 24 heavy (non-hydrogen) atoms. The molecule has 5 nitrogen and oxygen atoms in total. The van der Waals surface area contributed by atoms with Crippen molar-refractivity contribution in [2.24, 2.45) is 0 Å². The van der Waals surface area contributed by atoms with Crippen LogP contribution in [0.2, 0.25) is 0 Å². The van der Waals surface area contributed by atoms with E-state index in [0.717, 1.165) is 22.8 Å². The Morgan fingerprint density at radius 1 is 1.33 bits per heavy atom. The largest absolute Gasteiger partial charge is 0.351 e. The first kappa shape index (κ1) is 19.1. The van der Waals surface area contributed by atoms with Gasteiger partial charge in [-0.3, -0.25) is 9.10 Å². The van der Waals surface area contributed by atoms with E-state index in [2.05, 4.69) is 5.32 Å². The standard InChI is InChI=1S/C17H26N2O3S2/c1-13-12-14(8-9-16(13)19(2)24(3,21)22)17(20)18-10-11-23-15-6-4-5-7-15/h8-9,12,15H,4-7,10-11H2,1-3H3,(H,18,20). The summed E-state index contributed by atoms with van der Waals surface area (Å²) in [5.74, 6) is 0.822. The van der Waals surface area contributed by atoms with Crippen molar-refractivity contribution < 1.29 is 13.2 Å². The third-order valence-electron chi connectivity index (χ3n) is 4.34. The minimum absolute atomic E-state index is 0.112. The van der Waals surface area contributed by atoms with Crippen molar-refractivity contribution in [1.29, 1.82) is 0 Å². The van der Waals surface area contributed by atoms with E-state index < -0.39 is 10.0 Å². The Morgan fingerprint density at radius 2 is 2.00 bits per heavy atom. The fraction of sp³-hybridized carbons (Fsp3) is 0.588. The predicted molar refractivity (Wildman–Crippen MR) is 101 cm³/mol. The Bertz CT molecular complexity index is 683. The van der Waals surface area contributed by atoms with E-state index in [1.807, 2.05) is 18.7 Å². The third kappa shape index (κ3) is 5.14. The number of sulfonamides is 1. The summed E-state index contributed by atoms with van der Waals surface area (Å²) in [5, 5.41) is 3.70. The Morgan fingerprint density at radius 3 is 2.58 bits per heavy atom. The maximum atomic E-state index is 12.2. The van der Waals surface area contributed by atoms with Gasteiger partial charge in [0, 0.05) is 30.2 Å². The number of thioether (sulfide) groups is 1. The number of carbonyl (C=O) groups is 1. The van der Waals surface area contributed by atoms with E-state index in [4.69, 9.17) is 0 Å². The number of nitrogens with zero attached hydrogens (tertiary/aromatic N) is 1. The molecule has 1 saturated carbocycles. The van der Waals surface area contributed by atoms with Gasteiger partial charge in [0.1, 0.15) is 0 Å². The molecule has 0 saturated heterocycles. The predicted octanol–water partition coefficient (Wildman–Crippen LogP) is 2.80. The van der Waals surface area contributed by atoms with Crippen LogP contribution in [0.3, 0.4) is 0 Å². The number of anilines is 1. The number of hydrogen-bond acceptors (Lipinski definition) is 4. The van der Waals surface area contributed by atoms with E-state index in [0.29, 0.717) is 17.8 Å². The van der Waals surface area contributed by atoms with Crippen LogP contribution < -0.4 is 9.62 Å². The highest BCUT2D eigenvalue weighted by molar-refractivity contribution is 7.99. The Labute approximate surface area is 149 Å². The average Bonchev–Trinajstić information content (AvgIpc) is 3.03. The molecule has 1 fully saturated rings. The van der Waals surface area contributed by atoms with Crippen LogP contribution in [0.4, 0.5) is 5.69 Å². The van der Waals surface area contributed by atoms with Gasteiger partial charge in [0.2, 0.25) is 10.0 Å². The Kier molecular flexibility index (Phi) is 6.57. The van der Waals surface area contributed by atoms with Crippen LogP contribution in [0.5, 0.6) is 0 Å². The van der Waals surface area contributed by atoms with Crippen LogP contribution in [0.1, 0.15) is 41.6 Å². The molecule has 134 valence electrons. The van der Waals surface area contributed by atoms with Crippen molar-refractivity contribution in [2.45, 2.75) is 37.9 Å². The van der Waals surface area contributed by atoms with E-state index in [9.17, 15) is 13.2 Å². The third-order valence-corrected chi connectivity index (χ3v) is 6.91. The number of carbonyl (C=O) groups excluding carboxylic acids is 1. The van der Waals surface area contributed by atoms with Gasteiger partial charge in [0.15, 0.2) is 0 Å². The van der Waals surface area contributed by atoms with Gasteiger partial charge >= 0.3 is 0 Å². The lowest BCUT2D eigenvalue weighted by Gasteiger charge is -2.19. The molecule has 0 radical (unpaired) electrons. The number of nitrogens with one attached hydrogen (secondary N) is 1. The van der Waals surface area contributed by atoms with Crippen LogP contribution in [-0.4, -0.2) is 45.2 Å². The molecule has 0 heterocycles. The summed E-state index contributed by atoms with van der Waals surface area (Å²) < 4.78 is 24.5. The highest BCUT2D eigenvalue weighted by Gasteiger charge is 2.17. The maximum Gasteiger partial charge on any atom is 0.251 e. The second-order valence-electron chi connectivity index (χ2n) is 6.26. The minimum atomic E-state index is -3.31. The van der Waals surface area contributed by atoms with Crippen LogP contribution >= 0.6 is 11.8 Å². The van der Waals surface area contributed by atoms with Gasteiger partial charge < -0.3 is 5.32 Å². The molecule has 1 aliphatic carbocycles. The number of rotatable bonds is 7. The molecule has 1 N–H and O–H groups in total. The summed E-state index contributed by atoms with van der Waals surface area (Å²) in [7, 11) is -1.80. The Balaban J connectivity index is 1.89. The van der Waals surface area contributed by atoms with Crippen LogP contribution in [0.15, 0.2) is 18.2 Å². The summed E-state index contributed by atoms with van der Waals surface area (Å²) >= 11 is 1.95. The maximum absolute atomic E-state index is 12.2. The number of benzene rings is 1. The molecule has 0 aliphatic heterocycles. The van der Waals surface area contributed by atoms with E-state index in [-0.39, 0.29) is 5.91 Å². The number of hydrogen-bond donors (Lipinski definition) is 1. The molecule has 0 unspecified atom stereocenters. The minimum Gasteiger partial charge on any atom is -0.351 e. The first-order valence-electron chi connectivity index (χ1n) is 8.23. The molecule has 1 aromatic rings. The topological polar surface area (TPSA) is 66.5 Å². The highest BCUT2D eigenvalue weighted by atomic mass is 32.2. The summed E-state index contributed by atoms with van der Waals surface area (Å²) in [5.41, 5.74) is 1.91. The molecule has 2 rings (SSSR count). The summed E-state index contributed by atoms with van der Waals surface area (Å²) in [6.07, 6.45) is 6.42. The second-order valence-corrected chi connectivity index (χ2v) is 9.69. The van der Waals surface area contributed by atoms with Crippen LogP contribution in [0, 0.1) is 6.92 Å². The van der Waals surface area contributed by atoms with Crippen molar-refractivity contribution in [3.05, 3.63) is 29.3 Å². The molecule has 1 aliphatic rings. The fourth-order valence-corrected chi connectivity index (χ4v) is 4.66. The van der Waals surface area contributed by atoms with Crippen molar-refractivity contribution in [3.8, 4) is 0 Å².